The van der Waals surface area contributed by atoms with E-state index in [1.54, 1.807) is 0 Å². The molecule has 1 amide bonds. The number of carbonyl (C=O) groups excluding carboxylic acids is 1. The van der Waals surface area contributed by atoms with Gasteiger partial charge in [-0.1, -0.05) is 17.7 Å². The molecule has 6 nitrogen and oxygen atoms in total. The normalized spacial score (nSPS) is 9.57. The molecule has 1 aromatic rings. The average Bonchev–Trinajstić information content (AvgIpc) is 2.15. The van der Waals surface area contributed by atoms with Crippen LogP contribution in [0.5, 0.6) is 0 Å². The van der Waals surface area contributed by atoms with Crippen LogP contribution in [0.3, 0.4) is 0 Å². The summed E-state index contributed by atoms with van der Waals surface area (Å²) >= 11 is 5.52. The van der Waals surface area contributed by atoms with Gasteiger partial charge >= 0.3 is 5.69 Å². The van der Waals surface area contributed by atoms with Crippen molar-refractivity contribution < 1.29 is 14.9 Å². The molecule has 0 heterocycles. The third kappa shape index (κ3) is 1.81. The maximum atomic E-state index is 11.0. The van der Waals surface area contributed by atoms with Crippen molar-refractivity contribution in [2.75, 3.05) is 0 Å². The lowest BCUT2D eigenvalue weighted by atomic mass is 10.2. The summed E-state index contributed by atoms with van der Waals surface area (Å²) in [6.07, 6.45) is 0. The summed E-state index contributed by atoms with van der Waals surface area (Å²) in [6.45, 7) is 0. The smallest absolute Gasteiger partial charge is 0.288 e. The first-order valence-electron chi connectivity index (χ1n) is 3.45. The van der Waals surface area contributed by atoms with Crippen LogP contribution in [0.4, 0.5) is 5.69 Å². The van der Waals surface area contributed by atoms with Gasteiger partial charge < -0.3 is 0 Å². The van der Waals surface area contributed by atoms with Gasteiger partial charge in [0.2, 0.25) is 0 Å². The van der Waals surface area contributed by atoms with Crippen molar-refractivity contribution in [1.29, 1.82) is 0 Å². The number of nitrogens with one attached hydrogen (secondary N) is 1. The second-order valence-electron chi connectivity index (χ2n) is 2.33. The van der Waals surface area contributed by atoms with Crippen LogP contribution in [0.15, 0.2) is 18.2 Å². The Morgan fingerprint density at radius 2 is 2.21 bits per heavy atom. The molecule has 0 saturated carbocycles. The standard InChI is InChI=1S/C7H5ClN2O4/c8-5-3-1-2-4(7(11)9-12)6(5)10(13)14/h1-3,12H,(H,9,11). The Balaban J connectivity index is 3.35. The average molecular weight is 217 g/mol. The zero-order valence-electron chi connectivity index (χ0n) is 6.73. The van der Waals surface area contributed by atoms with Crippen LogP contribution in [0.1, 0.15) is 10.4 Å². The minimum absolute atomic E-state index is 0.156. The number of nitrogens with zero attached hydrogens (tertiary/aromatic N) is 1. The number of hydroxylamine groups is 1. The molecule has 0 atom stereocenters. The number of carbonyl (C=O) groups is 1. The summed E-state index contributed by atoms with van der Waals surface area (Å²) in [7, 11) is 0. The molecule has 0 aliphatic carbocycles. The maximum absolute atomic E-state index is 11.0. The van der Waals surface area contributed by atoms with Gasteiger partial charge in [0.15, 0.2) is 0 Å². The molecule has 0 fully saturated rings. The lowest BCUT2D eigenvalue weighted by Gasteiger charge is -2.01. The van der Waals surface area contributed by atoms with Crippen LogP contribution in [0.2, 0.25) is 5.02 Å². The Morgan fingerprint density at radius 3 is 2.71 bits per heavy atom. The summed E-state index contributed by atoms with van der Waals surface area (Å²) in [4.78, 5) is 20.7. The van der Waals surface area contributed by atoms with E-state index in [0.717, 1.165) is 0 Å². The predicted molar refractivity (Wildman–Crippen MR) is 47.4 cm³/mol. The summed E-state index contributed by atoms with van der Waals surface area (Å²) in [5.74, 6) is -0.973. The summed E-state index contributed by atoms with van der Waals surface area (Å²) < 4.78 is 0. The fraction of sp³-hybridized carbons (Fsp3) is 0. The molecule has 0 spiro atoms. The number of nitro benzene ring substituents is 1. The molecule has 1 rings (SSSR count). The Labute approximate surface area is 83.2 Å². The van der Waals surface area contributed by atoms with Crippen molar-refractivity contribution in [3.05, 3.63) is 38.9 Å². The van der Waals surface area contributed by atoms with Crippen LogP contribution < -0.4 is 5.48 Å². The molecule has 0 bridgehead atoms. The second kappa shape index (κ2) is 4.03. The first-order valence-corrected chi connectivity index (χ1v) is 3.83. The lowest BCUT2D eigenvalue weighted by molar-refractivity contribution is -0.385. The van der Waals surface area contributed by atoms with Crippen LogP contribution in [0.25, 0.3) is 0 Å². The van der Waals surface area contributed by atoms with Gasteiger partial charge in [0.25, 0.3) is 5.91 Å². The Hall–Kier alpha value is -1.66. The molecule has 7 heteroatoms. The van der Waals surface area contributed by atoms with Crippen molar-refractivity contribution in [3.8, 4) is 0 Å². The third-order valence-corrected chi connectivity index (χ3v) is 1.82. The van der Waals surface area contributed by atoms with Gasteiger partial charge in [-0.2, -0.15) is 0 Å². The van der Waals surface area contributed by atoms with Gasteiger partial charge in [-0.15, -0.1) is 0 Å². The number of nitro groups is 1. The molecule has 0 radical (unpaired) electrons. The lowest BCUT2D eigenvalue weighted by Crippen LogP contribution is -2.19. The molecular formula is C7H5ClN2O4. The van der Waals surface area contributed by atoms with Gasteiger partial charge in [-0.25, -0.2) is 5.48 Å². The number of benzene rings is 1. The van der Waals surface area contributed by atoms with Crippen LogP contribution >= 0.6 is 11.6 Å². The van der Waals surface area contributed by atoms with Crippen molar-refractivity contribution in [3.63, 3.8) is 0 Å². The Kier molecular flexibility index (Phi) is 3.00. The SMILES string of the molecule is O=C(NO)c1cccc(Cl)c1[N+](=O)[O-]. The first kappa shape index (κ1) is 10.4. The largest absolute Gasteiger partial charge is 0.300 e. The van der Waals surface area contributed by atoms with E-state index >= 15 is 0 Å². The van der Waals surface area contributed by atoms with Gasteiger partial charge in [0.1, 0.15) is 10.6 Å². The number of para-hydroxylation sites is 1. The molecule has 0 unspecified atom stereocenters. The zero-order valence-corrected chi connectivity index (χ0v) is 7.49. The van der Waals surface area contributed by atoms with Crippen molar-refractivity contribution in [2.24, 2.45) is 0 Å². The number of hydrogen-bond donors (Lipinski definition) is 2. The molecule has 74 valence electrons. The van der Waals surface area contributed by atoms with E-state index in [4.69, 9.17) is 16.8 Å². The van der Waals surface area contributed by atoms with Crippen molar-refractivity contribution in [2.45, 2.75) is 0 Å². The first-order chi connectivity index (χ1) is 6.57. The van der Waals surface area contributed by atoms with E-state index in [1.807, 2.05) is 0 Å². The third-order valence-electron chi connectivity index (χ3n) is 1.52. The summed E-state index contributed by atoms with van der Waals surface area (Å²) in [5, 5.41) is 18.7. The number of amides is 1. The van der Waals surface area contributed by atoms with Gasteiger partial charge in [-0.3, -0.25) is 20.1 Å². The number of hydrogen-bond acceptors (Lipinski definition) is 4. The van der Waals surface area contributed by atoms with E-state index in [9.17, 15) is 14.9 Å². The number of halogens is 1. The highest BCUT2D eigenvalue weighted by Crippen LogP contribution is 2.27. The van der Waals surface area contributed by atoms with E-state index in [-0.39, 0.29) is 10.6 Å². The summed E-state index contributed by atoms with van der Waals surface area (Å²) in [6, 6.07) is 3.85. The Morgan fingerprint density at radius 1 is 1.57 bits per heavy atom. The summed E-state index contributed by atoms with van der Waals surface area (Å²) in [5.41, 5.74) is 0.488. The molecular weight excluding hydrogens is 212 g/mol. The van der Waals surface area contributed by atoms with Crippen LogP contribution in [-0.4, -0.2) is 16.0 Å². The quantitative estimate of drug-likeness (QED) is 0.444. The number of rotatable bonds is 2. The van der Waals surface area contributed by atoms with E-state index in [0.29, 0.717) is 0 Å². The maximum Gasteiger partial charge on any atom is 0.300 e. The molecule has 14 heavy (non-hydrogen) atoms. The van der Waals surface area contributed by atoms with Crippen LogP contribution in [0, 0.1) is 10.1 Å². The van der Waals surface area contributed by atoms with Crippen molar-refractivity contribution in [1.82, 2.24) is 5.48 Å². The topological polar surface area (TPSA) is 92.5 Å². The van der Waals surface area contributed by atoms with Crippen LogP contribution in [-0.2, 0) is 0 Å². The molecule has 0 saturated heterocycles. The van der Waals surface area contributed by atoms with E-state index in [1.165, 1.54) is 23.7 Å². The van der Waals surface area contributed by atoms with Crippen molar-refractivity contribution >= 4 is 23.2 Å². The predicted octanol–water partition coefficient (Wildman–Crippen LogP) is 1.37. The highest BCUT2D eigenvalue weighted by Gasteiger charge is 2.22. The molecule has 2 N–H and O–H groups in total. The molecule has 0 aliphatic rings. The molecule has 0 aromatic heterocycles. The molecule has 1 aromatic carbocycles. The van der Waals surface area contributed by atoms with E-state index in [2.05, 4.69) is 0 Å². The monoisotopic (exact) mass is 216 g/mol. The highest BCUT2D eigenvalue weighted by molar-refractivity contribution is 6.33. The molecule has 0 aliphatic heterocycles. The highest BCUT2D eigenvalue weighted by atomic mass is 35.5. The van der Waals surface area contributed by atoms with Gasteiger partial charge in [0.05, 0.1) is 4.92 Å². The van der Waals surface area contributed by atoms with Gasteiger partial charge in [0, 0.05) is 0 Å². The fourth-order valence-electron chi connectivity index (χ4n) is 0.944. The second-order valence-corrected chi connectivity index (χ2v) is 2.74. The fourth-order valence-corrected chi connectivity index (χ4v) is 1.19. The minimum Gasteiger partial charge on any atom is -0.288 e. The minimum atomic E-state index is -0.973. The van der Waals surface area contributed by atoms with Gasteiger partial charge in [-0.05, 0) is 12.1 Å². The zero-order chi connectivity index (χ0) is 10.7. The van der Waals surface area contributed by atoms with E-state index < -0.39 is 16.5 Å². The Bertz CT molecular complexity index is 393.